The Balaban J connectivity index is 1.31. The molecule has 0 bridgehead atoms. The Labute approximate surface area is 264 Å². The minimum absolute atomic E-state index is 0.000511. The number of carbonyl (C=O) groups excluding carboxylic acids is 2. The van der Waals surface area contributed by atoms with E-state index in [1.54, 1.807) is 6.92 Å². The number of hydrogen-bond donors (Lipinski definition) is 3. The van der Waals surface area contributed by atoms with E-state index in [2.05, 4.69) is 28.5 Å². The lowest BCUT2D eigenvalue weighted by molar-refractivity contribution is -0.277. The van der Waals surface area contributed by atoms with Gasteiger partial charge in [-0.15, -0.1) is 0 Å². The predicted octanol–water partition coefficient (Wildman–Crippen LogP) is 4.33. The van der Waals surface area contributed by atoms with E-state index >= 15 is 0 Å². The minimum Gasteiger partial charge on any atom is -0.465 e. The highest BCUT2D eigenvalue weighted by molar-refractivity contribution is 5.80. The van der Waals surface area contributed by atoms with E-state index < -0.39 is 18.3 Å². The molecule has 2 amide bonds. The van der Waals surface area contributed by atoms with Gasteiger partial charge in [0.25, 0.3) is 0 Å². The van der Waals surface area contributed by atoms with Crippen LogP contribution in [0.2, 0.25) is 0 Å². The van der Waals surface area contributed by atoms with Crippen LogP contribution in [0, 0.1) is 5.92 Å². The summed E-state index contributed by atoms with van der Waals surface area (Å²) in [4.78, 5) is 26.1. The summed E-state index contributed by atoms with van der Waals surface area (Å²) in [6.45, 7) is 8.27. The first-order valence-electron chi connectivity index (χ1n) is 15.6. The van der Waals surface area contributed by atoms with Gasteiger partial charge in [-0.2, -0.15) is 0 Å². The maximum Gasteiger partial charge on any atom is 0.325 e. The maximum absolute atomic E-state index is 12.2. The Morgan fingerprint density at radius 1 is 0.911 bits per heavy atom. The summed E-state index contributed by atoms with van der Waals surface area (Å²) in [5.41, 5.74) is 5.75. The largest absolute Gasteiger partial charge is 0.465 e. The Hall–Kier alpha value is -3.80. The zero-order valence-electron chi connectivity index (χ0n) is 25.9. The third-order valence-electron chi connectivity index (χ3n) is 8.24. The molecular formula is C35H43N3O7. The van der Waals surface area contributed by atoms with Gasteiger partial charge >= 0.3 is 12.0 Å². The Morgan fingerprint density at radius 2 is 1.64 bits per heavy atom. The lowest BCUT2D eigenvalue weighted by atomic mass is 9.89. The zero-order valence-corrected chi connectivity index (χ0v) is 25.9. The molecule has 3 aromatic rings. The summed E-state index contributed by atoms with van der Waals surface area (Å²) < 4.78 is 23.8. The standard InChI is InChI=1S/C35H43N3O7/c1-3-43-32(40)21-37-35(41)36-20-26-6-4-7-28(18-26)29-8-5-9-30(19-29)34-44-31(22-38-14-16-42-17-15-38)24(2)33(45-34)27-12-10-25(23-39)11-13-27/h4-13,18-19,24,31,33-34,39H,3,14-17,20-23H2,1-2H3,(H2,36,37,41). The third kappa shape index (κ3) is 8.90. The average molecular weight is 618 g/mol. The number of nitrogens with zero attached hydrogens (tertiary/aromatic N) is 1. The van der Waals surface area contributed by atoms with Crippen molar-refractivity contribution in [2.24, 2.45) is 5.92 Å². The van der Waals surface area contributed by atoms with Gasteiger partial charge in [-0.1, -0.05) is 67.6 Å². The SMILES string of the molecule is CCOC(=O)CNC(=O)NCc1cccc(-c2cccc(C3OC(CN4CCOCC4)C(C)C(c4ccc(CO)cc4)O3)c2)c1. The number of aliphatic hydroxyl groups excluding tert-OH is 1. The van der Waals surface area contributed by atoms with Crippen molar-refractivity contribution in [2.75, 3.05) is 46.0 Å². The van der Waals surface area contributed by atoms with Crippen molar-refractivity contribution in [3.8, 4) is 11.1 Å². The van der Waals surface area contributed by atoms with Crippen molar-refractivity contribution in [2.45, 2.75) is 45.5 Å². The number of morpholine rings is 1. The lowest BCUT2D eigenvalue weighted by Gasteiger charge is -2.43. The number of nitrogens with one attached hydrogen (secondary N) is 2. The molecule has 10 heteroatoms. The molecular weight excluding hydrogens is 574 g/mol. The van der Waals surface area contributed by atoms with Gasteiger partial charge in [0.15, 0.2) is 6.29 Å². The fourth-order valence-corrected chi connectivity index (χ4v) is 5.70. The number of urea groups is 1. The molecule has 2 fully saturated rings. The number of amides is 2. The molecule has 0 spiro atoms. The number of aliphatic hydroxyl groups is 1. The third-order valence-corrected chi connectivity index (χ3v) is 8.24. The van der Waals surface area contributed by atoms with E-state index in [0.29, 0.717) is 6.54 Å². The van der Waals surface area contributed by atoms with Crippen molar-refractivity contribution in [3.05, 3.63) is 95.1 Å². The van der Waals surface area contributed by atoms with Crippen LogP contribution < -0.4 is 10.6 Å². The van der Waals surface area contributed by atoms with E-state index in [1.165, 1.54) is 0 Å². The van der Waals surface area contributed by atoms with Crippen LogP contribution in [-0.4, -0.2) is 74.1 Å². The van der Waals surface area contributed by atoms with Crippen molar-refractivity contribution < 1.29 is 33.6 Å². The number of esters is 1. The van der Waals surface area contributed by atoms with Crippen LogP contribution in [0.1, 0.15) is 48.5 Å². The molecule has 2 aliphatic heterocycles. The summed E-state index contributed by atoms with van der Waals surface area (Å²) in [6, 6.07) is 23.6. The van der Waals surface area contributed by atoms with Gasteiger partial charge in [0.1, 0.15) is 6.54 Å². The highest BCUT2D eigenvalue weighted by Gasteiger charge is 2.39. The van der Waals surface area contributed by atoms with Gasteiger partial charge in [0, 0.05) is 37.7 Å². The van der Waals surface area contributed by atoms with Crippen molar-refractivity contribution in [1.82, 2.24) is 15.5 Å². The van der Waals surface area contributed by atoms with Gasteiger partial charge in [0.05, 0.1) is 38.6 Å². The molecule has 0 saturated carbocycles. The van der Waals surface area contributed by atoms with Crippen LogP contribution in [0.25, 0.3) is 11.1 Å². The molecule has 2 aliphatic rings. The average Bonchev–Trinajstić information content (AvgIpc) is 3.08. The first kappa shape index (κ1) is 32.6. The monoisotopic (exact) mass is 617 g/mol. The van der Waals surface area contributed by atoms with Crippen LogP contribution in [0.5, 0.6) is 0 Å². The van der Waals surface area contributed by atoms with E-state index in [0.717, 1.165) is 66.2 Å². The molecule has 5 rings (SSSR count). The molecule has 2 saturated heterocycles. The molecule has 4 atom stereocenters. The summed E-state index contributed by atoms with van der Waals surface area (Å²) in [5, 5.41) is 14.8. The normalized spacial score (nSPS) is 22.0. The topological polar surface area (TPSA) is 119 Å². The molecule has 0 radical (unpaired) electrons. The molecule has 3 N–H and O–H groups in total. The van der Waals surface area contributed by atoms with Crippen LogP contribution >= 0.6 is 0 Å². The van der Waals surface area contributed by atoms with E-state index in [1.807, 2.05) is 66.7 Å². The van der Waals surface area contributed by atoms with Crippen LogP contribution in [0.4, 0.5) is 4.79 Å². The van der Waals surface area contributed by atoms with Gasteiger partial charge < -0.3 is 34.7 Å². The molecule has 240 valence electrons. The molecule has 0 aliphatic carbocycles. The highest BCUT2D eigenvalue weighted by atomic mass is 16.7. The molecule has 3 aromatic carbocycles. The lowest BCUT2D eigenvalue weighted by Crippen LogP contribution is -2.47. The van der Waals surface area contributed by atoms with Crippen LogP contribution in [-0.2, 0) is 36.9 Å². The molecule has 45 heavy (non-hydrogen) atoms. The summed E-state index contributed by atoms with van der Waals surface area (Å²) >= 11 is 0. The number of ether oxygens (including phenoxy) is 4. The van der Waals surface area contributed by atoms with Gasteiger partial charge in [-0.25, -0.2) is 4.79 Å². The van der Waals surface area contributed by atoms with E-state index in [4.69, 9.17) is 18.9 Å². The molecule has 4 unspecified atom stereocenters. The molecule has 10 nitrogen and oxygen atoms in total. The van der Waals surface area contributed by atoms with E-state index in [-0.39, 0.29) is 37.9 Å². The Kier molecular flexibility index (Phi) is 11.6. The highest BCUT2D eigenvalue weighted by Crippen LogP contribution is 2.42. The zero-order chi connectivity index (χ0) is 31.6. The van der Waals surface area contributed by atoms with Gasteiger partial charge in [-0.05, 0) is 46.9 Å². The Morgan fingerprint density at radius 3 is 2.38 bits per heavy atom. The maximum atomic E-state index is 12.2. The second-order valence-corrected chi connectivity index (χ2v) is 11.4. The summed E-state index contributed by atoms with van der Waals surface area (Å²) in [5.74, 6) is -0.376. The Bertz CT molecular complexity index is 1410. The van der Waals surface area contributed by atoms with Crippen molar-refractivity contribution >= 4 is 12.0 Å². The first-order valence-corrected chi connectivity index (χ1v) is 15.6. The van der Waals surface area contributed by atoms with Crippen molar-refractivity contribution in [1.29, 1.82) is 0 Å². The van der Waals surface area contributed by atoms with E-state index in [9.17, 15) is 14.7 Å². The van der Waals surface area contributed by atoms with Gasteiger partial charge in [0.2, 0.25) is 0 Å². The predicted molar refractivity (Wildman–Crippen MR) is 169 cm³/mol. The second kappa shape index (κ2) is 16.0. The van der Waals surface area contributed by atoms with Crippen LogP contribution in [0.15, 0.2) is 72.8 Å². The smallest absolute Gasteiger partial charge is 0.325 e. The van der Waals surface area contributed by atoms with Crippen LogP contribution in [0.3, 0.4) is 0 Å². The number of hydrogen-bond acceptors (Lipinski definition) is 8. The minimum atomic E-state index is -0.567. The quantitative estimate of drug-likeness (QED) is 0.272. The fourth-order valence-electron chi connectivity index (χ4n) is 5.70. The number of rotatable bonds is 11. The van der Waals surface area contributed by atoms with Gasteiger partial charge in [-0.3, -0.25) is 9.69 Å². The summed E-state index contributed by atoms with van der Waals surface area (Å²) in [6.07, 6.45) is -0.810. The number of carbonyl (C=O) groups is 2. The first-order chi connectivity index (χ1) is 21.9. The molecule has 0 aromatic heterocycles. The second-order valence-electron chi connectivity index (χ2n) is 11.4. The molecule has 2 heterocycles. The number of benzene rings is 3. The van der Waals surface area contributed by atoms with Crippen molar-refractivity contribution in [3.63, 3.8) is 0 Å². The fraction of sp³-hybridized carbons (Fsp3) is 0.429. The summed E-state index contributed by atoms with van der Waals surface area (Å²) in [7, 11) is 0.